The third kappa shape index (κ3) is 9.71. The number of benzene rings is 2. The highest BCUT2D eigenvalue weighted by Gasteiger charge is 2.25. The predicted octanol–water partition coefficient (Wildman–Crippen LogP) is 9.72. The Hall–Kier alpha value is -2.62. The van der Waals surface area contributed by atoms with E-state index in [4.69, 9.17) is 9.98 Å². The number of phenols is 2. The van der Waals surface area contributed by atoms with Gasteiger partial charge in [0.15, 0.2) is 0 Å². The number of aromatic hydroxyl groups is 2. The summed E-state index contributed by atoms with van der Waals surface area (Å²) < 4.78 is 0. The van der Waals surface area contributed by atoms with Crippen molar-refractivity contribution in [1.82, 2.24) is 0 Å². The van der Waals surface area contributed by atoms with Gasteiger partial charge in [0.25, 0.3) is 0 Å². The number of hydrogen-bond donors (Lipinski definition) is 2. The molecule has 1 fully saturated rings. The van der Waals surface area contributed by atoms with E-state index in [1.807, 2.05) is 12.4 Å². The molecule has 0 spiro atoms. The number of rotatable bonds is 6. The summed E-state index contributed by atoms with van der Waals surface area (Å²) in [5, 5.41) is 22.4. The molecule has 1 saturated carbocycles. The number of nitrogens with zero attached hydrogens (tertiary/aromatic N) is 2. The molecule has 42 heavy (non-hydrogen) atoms. The first-order valence-corrected chi connectivity index (χ1v) is 15.9. The lowest BCUT2D eigenvalue weighted by Crippen LogP contribution is -2.21. The van der Waals surface area contributed by atoms with Crippen molar-refractivity contribution < 1.29 is 10.2 Å². The van der Waals surface area contributed by atoms with Crippen LogP contribution in [-0.4, -0.2) is 34.7 Å². The fourth-order valence-corrected chi connectivity index (χ4v) is 5.99. The molecule has 0 radical (unpaired) electrons. The summed E-state index contributed by atoms with van der Waals surface area (Å²) in [5.74, 6) is 0.684. The number of phenolic OH excluding ortho intramolecular Hbond substituents is 2. The third-order valence-corrected chi connectivity index (χ3v) is 7.95. The second-order valence-corrected chi connectivity index (χ2v) is 17.2. The Morgan fingerprint density at radius 2 is 0.976 bits per heavy atom. The Labute approximate surface area is 256 Å². The molecule has 1 aliphatic rings. The summed E-state index contributed by atoms with van der Waals surface area (Å²) in [7, 11) is 0. The summed E-state index contributed by atoms with van der Waals surface area (Å²) in [6, 6.07) is 8.88. The standard InChI is InChI=1S/C38H58N2O2/c1-35(2,3)21-25-16-27(33(41)31(18-25)37(7,8)9)23-39-29-14-13-15-30(20-29)40-24-28-17-26(22-36(4,5)6)19-32(34(28)42)38(10,11)12/h16-19,23-24,29-30,41-42H,13-15,20-22H2,1-12H3. The lowest BCUT2D eigenvalue weighted by molar-refractivity contribution is 0.396. The molecule has 0 amide bonds. The van der Waals surface area contributed by atoms with Crippen molar-refractivity contribution in [2.24, 2.45) is 20.8 Å². The molecule has 0 aromatic heterocycles. The van der Waals surface area contributed by atoms with Gasteiger partial charge in [-0.15, -0.1) is 0 Å². The second-order valence-electron chi connectivity index (χ2n) is 17.2. The normalized spacial score (nSPS) is 19.2. The van der Waals surface area contributed by atoms with Gasteiger partial charge < -0.3 is 10.2 Å². The van der Waals surface area contributed by atoms with Gasteiger partial charge in [-0.25, -0.2) is 0 Å². The average Bonchev–Trinajstić information content (AvgIpc) is 2.81. The Morgan fingerprint density at radius 3 is 1.29 bits per heavy atom. The minimum absolute atomic E-state index is 0.156. The van der Waals surface area contributed by atoms with Crippen LogP contribution >= 0.6 is 0 Å². The van der Waals surface area contributed by atoms with E-state index in [1.54, 1.807) is 0 Å². The van der Waals surface area contributed by atoms with Gasteiger partial charge in [-0.3, -0.25) is 9.98 Å². The van der Waals surface area contributed by atoms with Crippen LogP contribution in [0.3, 0.4) is 0 Å². The summed E-state index contributed by atoms with van der Waals surface area (Å²) in [5.41, 5.74) is 6.03. The van der Waals surface area contributed by atoms with E-state index in [1.165, 1.54) is 11.1 Å². The van der Waals surface area contributed by atoms with E-state index in [2.05, 4.69) is 107 Å². The van der Waals surface area contributed by atoms with Gasteiger partial charge in [0.1, 0.15) is 11.5 Å². The molecular weight excluding hydrogens is 516 g/mol. The van der Waals surface area contributed by atoms with Crippen LogP contribution in [0.4, 0.5) is 0 Å². The van der Waals surface area contributed by atoms with E-state index in [-0.39, 0.29) is 33.7 Å². The van der Waals surface area contributed by atoms with Crippen LogP contribution in [0.2, 0.25) is 0 Å². The molecule has 0 aliphatic heterocycles. The van der Waals surface area contributed by atoms with E-state index in [0.717, 1.165) is 60.8 Å². The van der Waals surface area contributed by atoms with Crippen molar-refractivity contribution in [3.05, 3.63) is 57.6 Å². The molecule has 0 bridgehead atoms. The molecule has 4 heteroatoms. The van der Waals surface area contributed by atoms with Crippen LogP contribution < -0.4 is 0 Å². The molecule has 1 aliphatic carbocycles. The first kappa shape index (κ1) is 33.9. The highest BCUT2D eigenvalue weighted by Crippen LogP contribution is 2.37. The van der Waals surface area contributed by atoms with Crippen LogP contribution in [0.5, 0.6) is 11.5 Å². The van der Waals surface area contributed by atoms with Gasteiger partial charge in [0, 0.05) is 34.7 Å². The fourth-order valence-electron chi connectivity index (χ4n) is 5.99. The van der Waals surface area contributed by atoms with Crippen molar-refractivity contribution in [2.45, 2.75) is 145 Å². The maximum absolute atomic E-state index is 11.2. The summed E-state index contributed by atoms with van der Waals surface area (Å²) >= 11 is 0. The molecule has 3 rings (SSSR count). The van der Waals surface area contributed by atoms with Crippen LogP contribution in [0.15, 0.2) is 34.3 Å². The predicted molar refractivity (Wildman–Crippen MR) is 181 cm³/mol. The highest BCUT2D eigenvalue weighted by atomic mass is 16.3. The van der Waals surface area contributed by atoms with Gasteiger partial charge in [-0.05, 0) is 83.4 Å². The van der Waals surface area contributed by atoms with E-state index in [0.29, 0.717) is 11.5 Å². The molecule has 2 atom stereocenters. The first-order chi connectivity index (χ1) is 19.1. The minimum atomic E-state index is -0.159. The van der Waals surface area contributed by atoms with Gasteiger partial charge in [-0.2, -0.15) is 0 Å². The van der Waals surface area contributed by atoms with Gasteiger partial charge in [-0.1, -0.05) is 95.2 Å². The molecule has 232 valence electrons. The Morgan fingerprint density at radius 1 is 0.619 bits per heavy atom. The zero-order valence-electron chi connectivity index (χ0n) is 28.7. The largest absolute Gasteiger partial charge is 0.507 e. The highest BCUT2D eigenvalue weighted by molar-refractivity contribution is 5.85. The quantitative estimate of drug-likeness (QED) is 0.337. The SMILES string of the molecule is CC(C)(C)Cc1cc(C=NC2CCCC(N=Cc3cc(CC(C)(C)C)cc(C(C)(C)C)c3O)C2)c(O)c(C(C)(C)C)c1. The van der Waals surface area contributed by atoms with Gasteiger partial charge >= 0.3 is 0 Å². The Bertz CT molecular complexity index is 1190. The van der Waals surface area contributed by atoms with Crippen LogP contribution in [0, 0.1) is 10.8 Å². The maximum Gasteiger partial charge on any atom is 0.128 e. The summed E-state index contributed by atoms with van der Waals surface area (Å²) in [6.07, 6.45) is 9.66. The monoisotopic (exact) mass is 574 g/mol. The summed E-state index contributed by atoms with van der Waals surface area (Å²) in [6.45, 7) is 26.4. The molecule has 2 aromatic carbocycles. The maximum atomic E-state index is 11.2. The van der Waals surface area contributed by atoms with Crippen molar-refractivity contribution in [1.29, 1.82) is 0 Å². The summed E-state index contributed by atoms with van der Waals surface area (Å²) in [4.78, 5) is 9.98. The second kappa shape index (κ2) is 12.5. The fraction of sp³-hybridized carbons (Fsp3) is 0.632. The Kier molecular flexibility index (Phi) is 10.1. The molecule has 0 saturated heterocycles. The van der Waals surface area contributed by atoms with Crippen LogP contribution in [0.1, 0.15) is 142 Å². The molecule has 0 heterocycles. The van der Waals surface area contributed by atoms with Crippen molar-refractivity contribution in [2.75, 3.05) is 0 Å². The third-order valence-electron chi connectivity index (χ3n) is 7.95. The lowest BCUT2D eigenvalue weighted by Gasteiger charge is -2.26. The zero-order valence-corrected chi connectivity index (χ0v) is 28.7. The first-order valence-electron chi connectivity index (χ1n) is 15.9. The van der Waals surface area contributed by atoms with Crippen molar-refractivity contribution >= 4 is 12.4 Å². The minimum Gasteiger partial charge on any atom is -0.507 e. The Balaban J connectivity index is 1.85. The molecular formula is C38H58N2O2. The van der Waals surface area contributed by atoms with Gasteiger partial charge in [0.05, 0.1) is 12.1 Å². The van der Waals surface area contributed by atoms with E-state index in [9.17, 15) is 10.2 Å². The van der Waals surface area contributed by atoms with Crippen molar-refractivity contribution in [3.8, 4) is 11.5 Å². The number of aliphatic imine (C=N–C) groups is 2. The molecule has 2 aromatic rings. The number of hydrogen-bond acceptors (Lipinski definition) is 4. The van der Waals surface area contributed by atoms with Crippen LogP contribution in [-0.2, 0) is 23.7 Å². The topological polar surface area (TPSA) is 65.2 Å². The van der Waals surface area contributed by atoms with Gasteiger partial charge in [0.2, 0.25) is 0 Å². The molecule has 2 N–H and O–H groups in total. The van der Waals surface area contributed by atoms with E-state index < -0.39 is 0 Å². The average molecular weight is 575 g/mol. The molecule has 4 nitrogen and oxygen atoms in total. The smallest absolute Gasteiger partial charge is 0.128 e. The van der Waals surface area contributed by atoms with Crippen LogP contribution in [0.25, 0.3) is 0 Å². The van der Waals surface area contributed by atoms with E-state index >= 15 is 0 Å². The van der Waals surface area contributed by atoms with Crippen molar-refractivity contribution in [3.63, 3.8) is 0 Å². The molecule has 2 unspecified atom stereocenters. The zero-order chi connectivity index (χ0) is 31.7. The lowest BCUT2D eigenvalue weighted by atomic mass is 9.81.